The van der Waals surface area contributed by atoms with Gasteiger partial charge in [0, 0.05) is 23.5 Å². The quantitative estimate of drug-likeness (QED) is 0.528. The average molecular weight is 231 g/mol. The first kappa shape index (κ1) is 12.1. The van der Waals surface area contributed by atoms with E-state index in [0.29, 0.717) is 0 Å². The van der Waals surface area contributed by atoms with Crippen molar-refractivity contribution in [2.24, 2.45) is 5.73 Å². The van der Waals surface area contributed by atoms with Crippen LogP contribution in [0.15, 0.2) is 30.5 Å². The molecule has 92 valence electrons. The zero-order valence-corrected chi connectivity index (χ0v) is 10.4. The molecule has 1 aromatic heterocycles. The van der Waals surface area contributed by atoms with Gasteiger partial charge in [-0.15, -0.1) is 0 Å². The van der Waals surface area contributed by atoms with Crippen LogP contribution in [0.4, 0.5) is 0 Å². The van der Waals surface area contributed by atoms with Gasteiger partial charge in [-0.2, -0.15) is 0 Å². The van der Waals surface area contributed by atoms with Gasteiger partial charge in [-0.1, -0.05) is 31.5 Å². The van der Waals surface area contributed by atoms with E-state index in [2.05, 4.69) is 41.6 Å². The fourth-order valence-electron chi connectivity index (χ4n) is 2.07. The van der Waals surface area contributed by atoms with E-state index in [1.807, 2.05) is 6.07 Å². The van der Waals surface area contributed by atoms with E-state index in [1.165, 1.54) is 29.3 Å². The van der Waals surface area contributed by atoms with E-state index in [-0.39, 0.29) is 6.17 Å². The van der Waals surface area contributed by atoms with Gasteiger partial charge in [-0.3, -0.25) is 0 Å². The zero-order chi connectivity index (χ0) is 12.1. The summed E-state index contributed by atoms with van der Waals surface area (Å²) in [5, 5.41) is 4.63. The molecule has 0 saturated heterocycles. The number of hydrogen-bond acceptors (Lipinski definition) is 2. The molecule has 0 aliphatic carbocycles. The highest BCUT2D eigenvalue weighted by Crippen LogP contribution is 2.18. The van der Waals surface area contributed by atoms with Crippen molar-refractivity contribution in [1.29, 1.82) is 0 Å². The molecule has 3 nitrogen and oxygen atoms in total. The summed E-state index contributed by atoms with van der Waals surface area (Å²) in [5.41, 5.74) is 8.54. The smallest absolute Gasteiger partial charge is 0.0588 e. The van der Waals surface area contributed by atoms with Crippen molar-refractivity contribution in [1.82, 2.24) is 10.3 Å². The second kappa shape index (κ2) is 5.84. The SMILES string of the molecule is CCCCN[C@H](N)Cc1c[nH]c2ccccc12. The van der Waals surface area contributed by atoms with Crippen molar-refractivity contribution >= 4 is 10.9 Å². The van der Waals surface area contributed by atoms with Crippen molar-refractivity contribution in [2.75, 3.05) is 6.54 Å². The highest BCUT2D eigenvalue weighted by atomic mass is 15.0. The van der Waals surface area contributed by atoms with Crippen molar-refractivity contribution in [3.8, 4) is 0 Å². The third-order valence-corrected chi connectivity index (χ3v) is 3.05. The van der Waals surface area contributed by atoms with Gasteiger partial charge in [0.15, 0.2) is 0 Å². The molecule has 4 N–H and O–H groups in total. The topological polar surface area (TPSA) is 53.8 Å². The third-order valence-electron chi connectivity index (χ3n) is 3.05. The van der Waals surface area contributed by atoms with Gasteiger partial charge < -0.3 is 16.0 Å². The minimum absolute atomic E-state index is 0.0424. The number of nitrogens with two attached hydrogens (primary N) is 1. The maximum atomic E-state index is 6.07. The molecule has 0 bridgehead atoms. The molecule has 0 aliphatic rings. The summed E-state index contributed by atoms with van der Waals surface area (Å²) >= 11 is 0. The Bertz CT molecular complexity index is 461. The molecule has 0 radical (unpaired) electrons. The molecule has 2 aromatic rings. The van der Waals surface area contributed by atoms with E-state index in [1.54, 1.807) is 0 Å². The Labute approximate surface area is 102 Å². The van der Waals surface area contributed by atoms with E-state index < -0.39 is 0 Å². The van der Waals surface area contributed by atoms with E-state index >= 15 is 0 Å². The number of H-pyrrole nitrogens is 1. The van der Waals surface area contributed by atoms with Gasteiger partial charge in [-0.25, -0.2) is 0 Å². The predicted octanol–water partition coefficient (Wildman–Crippen LogP) is 2.38. The lowest BCUT2D eigenvalue weighted by Gasteiger charge is -2.12. The van der Waals surface area contributed by atoms with Crippen LogP contribution >= 0.6 is 0 Å². The van der Waals surface area contributed by atoms with Crippen LogP contribution in [-0.4, -0.2) is 17.7 Å². The fourth-order valence-corrected chi connectivity index (χ4v) is 2.07. The minimum atomic E-state index is 0.0424. The Kier molecular flexibility index (Phi) is 4.18. The van der Waals surface area contributed by atoms with Crippen LogP contribution in [0.25, 0.3) is 10.9 Å². The molecule has 3 heteroatoms. The van der Waals surface area contributed by atoms with Gasteiger partial charge in [0.05, 0.1) is 6.17 Å². The Morgan fingerprint density at radius 2 is 2.18 bits per heavy atom. The van der Waals surface area contributed by atoms with E-state index in [0.717, 1.165) is 13.0 Å². The van der Waals surface area contributed by atoms with Gasteiger partial charge in [0.1, 0.15) is 0 Å². The molecule has 0 saturated carbocycles. The lowest BCUT2D eigenvalue weighted by atomic mass is 10.1. The van der Waals surface area contributed by atoms with Crippen molar-refractivity contribution < 1.29 is 0 Å². The number of nitrogens with one attached hydrogen (secondary N) is 2. The first-order chi connectivity index (χ1) is 8.31. The van der Waals surface area contributed by atoms with Crippen molar-refractivity contribution in [3.63, 3.8) is 0 Å². The summed E-state index contributed by atoms with van der Waals surface area (Å²) in [7, 11) is 0. The second-order valence-electron chi connectivity index (χ2n) is 4.48. The first-order valence-electron chi connectivity index (χ1n) is 6.35. The number of benzene rings is 1. The van der Waals surface area contributed by atoms with Crippen LogP contribution in [0, 0.1) is 0 Å². The maximum Gasteiger partial charge on any atom is 0.0588 e. The Hall–Kier alpha value is -1.32. The molecule has 1 aromatic carbocycles. The Morgan fingerprint density at radius 1 is 1.35 bits per heavy atom. The zero-order valence-electron chi connectivity index (χ0n) is 10.4. The summed E-state index contributed by atoms with van der Waals surface area (Å²) < 4.78 is 0. The lowest BCUT2D eigenvalue weighted by Crippen LogP contribution is -2.39. The standard InChI is InChI=1S/C14H21N3/c1-2-3-8-16-14(15)9-11-10-17-13-7-5-4-6-12(11)13/h4-7,10,14,16-17H,2-3,8-9,15H2,1H3/t14-/m0/s1. The molecule has 0 spiro atoms. The summed E-state index contributed by atoms with van der Waals surface area (Å²) in [6.45, 7) is 3.19. The second-order valence-corrected chi connectivity index (χ2v) is 4.48. The molecule has 17 heavy (non-hydrogen) atoms. The largest absolute Gasteiger partial charge is 0.361 e. The van der Waals surface area contributed by atoms with Gasteiger partial charge in [0.25, 0.3) is 0 Å². The van der Waals surface area contributed by atoms with E-state index in [4.69, 9.17) is 5.73 Å². The molecule has 0 unspecified atom stereocenters. The highest BCUT2D eigenvalue weighted by Gasteiger charge is 2.07. The number of aromatic nitrogens is 1. The van der Waals surface area contributed by atoms with E-state index in [9.17, 15) is 0 Å². The Balaban J connectivity index is 1.98. The van der Waals surface area contributed by atoms with Gasteiger partial charge >= 0.3 is 0 Å². The molecule has 1 heterocycles. The highest BCUT2D eigenvalue weighted by molar-refractivity contribution is 5.83. The molecule has 0 amide bonds. The summed E-state index contributed by atoms with van der Waals surface area (Å²) in [6, 6.07) is 8.34. The maximum absolute atomic E-state index is 6.07. The van der Waals surface area contributed by atoms with Crippen LogP contribution in [0.3, 0.4) is 0 Å². The third kappa shape index (κ3) is 3.08. The van der Waals surface area contributed by atoms with Crippen LogP contribution < -0.4 is 11.1 Å². The number of fused-ring (bicyclic) bond motifs is 1. The summed E-state index contributed by atoms with van der Waals surface area (Å²) in [6.07, 6.45) is 5.36. The van der Waals surface area contributed by atoms with Crippen LogP contribution in [0.1, 0.15) is 25.3 Å². The fraction of sp³-hybridized carbons (Fsp3) is 0.429. The number of rotatable bonds is 6. The van der Waals surface area contributed by atoms with Crippen LogP contribution in [0.5, 0.6) is 0 Å². The molecule has 0 aliphatic heterocycles. The monoisotopic (exact) mass is 231 g/mol. The molecule has 0 fully saturated rings. The van der Waals surface area contributed by atoms with Crippen molar-refractivity contribution in [3.05, 3.63) is 36.0 Å². The first-order valence-corrected chi connectivity index (χ1v) is 6.35. The number of para-hydroxylation sites is 1. The van der Waals surface area contributed by atoms with Crippen LogP contribution in [-0.2, 0) is 6.42 Å². The average Bonchev–Trinajstić information content (AvgIpc) is 2.73. The lowest BCUT2D eigenvalue weighted by molar-refractivity contribution is 0.514. The normalized spacial score (nSPS) is 13.1. The molecule has 1 atom stereocenters. The molecular formula is C14H21N3. The predicted molar refractivity (Wildman–Crippen MR) is 72.9 cm³/mol. The number of aromatic amines is 1. The molecular weight excluding hydrogens is 210 g/mol. The van der Waals surface area contributed by atoms with Crippen molar-refractivity contribution in [2.45, 2.75) is 32.4 Å². The van der Waals surface area contributed by atoms with Gasteiger partial charge in [-0.05, 0) is 24.6 Å². The van der Waals surface area contributed by atoms with Crippen LogP contribution in [0.2, 0.25) is 0 Å². The number of hydrogen-bond donors (Lipinski definition) is 3. The molecule has 2 rings (SSSR count). The number of unbranched alkanes of at least 4 members (excludes halogenated alkanes) is 1. The Morgan fingerprint density at radius 3 is 3.00 bits per heavy atom. The summed E-state index contributed by atoms with van der Waals surface area (Å²) in [5.74, 6) is 0. The minimum Gasteiger partial charge on any atom is -0.361 e. The van der Waals surface area contributed by atoms with Gasteiger partial charge in [0.2, 0.25) is 0 Å². The summed E-state index contributed by atoms with van der Waals surface area (Å²) in [4.78, 5) is 3.28.